The molecule has 1 aliphatic heterocycles. The predicted octanol–water partition coefficient (Wildman–Crippen LogP) is 1.95. The van der Waals surface area contributed by atoms with Crippen LogP contribution < -0.4 is 5.32 Å². The van der Waals surface area contributed by atoms with Crippen LogP contribution in [0.5, 0.6) is 0 Å². The van der Waals surface area contributed by atoms with Gasteiger partial charge in [0.1, 0.15) is 6.10 Å². The molecule has 1 atom stereocenters. The molecule has 7 heteroatoms. The van der Waals surface area contributed by atoms with E-state index < -0.39 is 0 Å². The largest absolute Gasteiger partial charge is 0.365 e. The second-order valence-electron chi connectivity index (χ2n) is 4.78. The summed E-state index contributed by atoms with van der Waals surface area (Å²) in [6, 6.07) is 7.52. The van der Waals surface area contributed by atoms with Gasteiger partial charge in [-0.1, -0.05) is 28.9 Å². The Balaban J connectivity index is 1.80. The van der Waals surface area contributed by atoms with Gasteiger partial charge in [-0.15, -0.1) is 5.10 Å². The molecule has 2 heterocycles. The molecule has 1 amide bonds. The van der Waals surface area contributed by atoms with Crippen molar-refractivity contribution in [2.45, 2.75) is 26.2 Å². The van der Waals surface area contributed by atoms with Gasteiger partial charge in [0.25, 0.3) is 5.91 Å². The summed E-state index contributed by atoms with van der Waals surface area (Å²) in [4.78, 5) is 11.9. The molecule has 6 nitrogen and oxygen atoms in total. The minimum Gasteiger partial charge on any atom is -0.365 e. The predicted molar refractivity (Wildman–Crippen MR) is 77.0 cm³/mol. The molecule has 1 aliphatic rings. The van der Waals surface area contributed by atoms with E-state index in [2.05, 4.69) is 15.6 Å². The maximum absolute atomic E-state index is 11.9. The molecule has 0 unspecified atom stereocenters. The first-order valence-corrected chi connectivity index (χ1v) is 7.14. The highest BCUT2D eigenvalue weighted by Crippen LogP contribution is 2.27. The molecule has 0 spiro atoms. The number of nitrogens with zero attached hydrogens (tertiary/aromatic N) is 3. The summed E-state index contributed by atoms with van der Waals surface area (Å²) < 4.78 is 7.56. The van der Waals surface area contributed by atoms with Crippen LogP contribution in [-0.4, -0.2) is 27.4 Å². The van der Waals surface area contributed by atoms with Gasteiger partial charge in [-0.2, -0.15) is 0 Å². The van der Waals surface area contributed by atoms with Crippen molar-refractivity contribution in [1.82, 2.24) is 20.3 Å². The number of benzene rings is 1. The third-order valence-electron chi connectivity index (χ3n) is 3.39. The molecule has 0 aliphatic carbocycles. The van der Waals surface area contributed by atoms with Crippen LogP contribution in [0.3, 0.4) is 0 Å². The number of aromatic nitrogens is 3. The summed E-state index contributed by atoms with van der Waals surface area (Å²) in [6.07, 6.45) is -0.112. The summed E-state index contributed by atoms with van der Waals surface area (Å²) in [6.45, 7) is 3.26. The lowest BCUT2D eigenvalue weighted by Crippen LogP contribution is -2.27. The highest BCUT2D eigenvalue weighted by atomic mass is 35.5. The number of hydrogen-bond donors (Lipinski definition) is 1. The summed E-state index contributed by atoms with van der Waals surface area (Å²) in [5.74, 6) is -0.215. The first-order chi connectivity index (χ1) is 10.2. The Kier molecular flexibility index (Phi) is 3.90. The molecule has 110 valence electrons. The third kappa shape index (κ3) is 2.77. The number of ether oxygens (including phenoxy) is 1. The number of nitrogens with one attached hydrogen (secondary N) is 1. The molecular weight excluding hydrogens is 292 g/mol. The fourth-order valence-corrected chi connectivity index (χ4v) is 2.44. The first-order valence-electron chi connectivity index (χ1n) is 6.76. The number of halogens is 1. The van der Waals surface area contributed by atoms with E-state index in [-0.39, 0.29) is 12.0 Å². The van der Waals surface area contributed by atoms with Crippen molar-refractivity contribution < 1.29 is 9.53 Å². The van der Waals surface area contributed by atoms with E-state index in [4.69, 9.17) is 16.3 Å². The van der Waals surface area contributed by atoms with Crippen molar-refractivity contribution in [3.63, 3.8) is 0 Å². The van der Waals surface area contributed by atoms with Crippen molar-refractivity contribution in [2.24, 2.45) is 0 Å². The zero-order chi connectivity index (χ0) is 14.8. The van der Waals surface area contributed by atoms with Crippen LogP contribution in [0.25, 0.3) is 0 Å². The van der Waals surface area contributed by atoms with Crippen molar-refractivity contribution in [3.8, 4) is 0 Å². The minimum atomic E-state index is -0.215. The van der Waals surface area contributed by atoms with Gasteiger partial charge in [0, 0.05) is 11.6 Å². The number of rotatable bonds is 3. The fraction of sp³-hybridized carbons (Fsp3) is 0.357. The van der Waals surface area contributed by atoms with Crippen LogP contribution in [0.2, 0.25) is 5.02 Å². The maximum Gasteiger partial charge on any atom is 0.273 e. The Morgan fingerprint density at radius 3 is 2.95 bits per heavy atom. The van der Waals surface area contributed by atoms with Gasteiger partial charge < -0.3 is 10.1 Å². The van der Waals surface area contributed by atoms with Crippen LogP contribution in [0.4, 0.5) is 0 Å². The normalized spacial score (nSPS) is 17.3. The maximum atomic E-state index is 11.9. The van der Waals surface area contributed by atoms with E-state index in [1.54, 1.807) is 4.68 Å². The van der Waals surface area contributed by atoms with E-state index >= 15 is 0 Å². The molecular formula is C14H15ClN4O2. The van der Waals surface area contributed by atoms with Crippen molar-refractivity contribution in [1.29, 1.82) is 0 Å². The van der Waals surface area contributed by atoms with E-state index in [9.17, 15) is 4.79 Å². The van der Waals surface area contributed by atoms with Crippen LogP contribution >= 0.6 is 11.6 Å². The van der Waals surface area contributed by atoms with Crippen molar-refractivity contribution >= 4 is 17.5 Å². The second-order valence-corrected chi connectivity index (χ2v) is 5.21. The Bertz CT molecular complexity index is 653. The fourth-order valence-electron chi connectivity index (χ4n) is 2.31. The number of carbonyl (C=O) groups is 1. The van der Waals surface area contributed by atoms with Crippen LogP contribution in [0, 0.1) is 0 Å². The highest BCUT2D eigenvalue weighted by molar-refractivity contribution is 6.30. The van der Waals surface area contributed by atoms with Crippen LogP contribution in [-0.2, 0) is 17.9 Å². The summed E-state index contributed by atoms with van der Waals surface area (Å²) in [7, 11) is 0. The number of amides is 1. The Hall–Kier alpha value is -1.92. The van der Waals surface area contributed by atoms with Gasteiger partial charge in [-0.3, -0.25) is 4.79 Å². The highest BCUT2D eigenvalue weighted by Gasteiger charge is 2.27. The van der Waals surface area contributed by atoms with Gasteiger partial charge in [0.05, 0.1) is 18.8 Å². The zero-order valence-electron chi connectivity index (χ0n) is 11.5. The SMILES string of the molecule is CCNC(=O)c1nnn2c1CO[C@@H](c1ccc(Cl)cc1)C2. The molecule has 0 saturated heterocycles. The van der Waals surface area contributed by atoms with E-state index in [0.717, 1.165) is 5.56 Å². The van der Waals surface area contributed by atoms with Crippen molar-refractivity contribution in [3.05, 3.63) is 46.2 Å². The molecule has 0 radical (unpaired) electrons. The molecule has 0 bridgehead atoms. The van der Waals surface area contributed by atoms with Gasteiger partial charge in [0.2, 0.25) is 0 Å². The number of hydrogen-bond acceptors (Lipinski definition) is 4. The smallest absolute Gasteiger partial charge is 0.273 e. The van der Waals surface area contributed by atoms with Gasteiger partial charge in [-0.25, -0.2) is 4.68 Å². The van der Waals surface area contributed by atoms with E-state index in [1.165, 1.54) is 0 Å². The lowest BCUT2D eigenvalue weighted by Gasteiger charge is -2.24. The molecule has 1 aromatic carbocycles. The van der Waals surface area contributed by atoms with Crippen molar-refractivity contribution in [2.75, 3.05) is 6.54 Å². The lowest BCUT2D eigenvalue weighted by molar-refractivity contribution is -0.00176. The monoisotopic (exact) mass is 306 g/mol. The topological polar surface area (TPSA) is 69.0 Å². The average molecular weight is 307 g/mol. The quantitative estimate of drug-likeness (QED) is 0.941. The molecule has 1 N–H and O–H groups in total. The van der Waals surface area contributed by atoms with Gasteiger partial charge in [-0.05, 0) is 24.6 Å². The van der Waals surface area contributed by atoms with Gasteiger partial charge >= 0.3 is 0 Å². The summed E-state index contributed by atoms with van der Waals surface area (Å²) in [5, 5.41) is 11.4. The minimum absolute atomic E-state index is 0.112. The summed E-state index contributed by atoms with van der Waals surface area (Å²) in [5.41, 5.74) is 2.08. The molecule has 3 rings (SSSR count). The molecule has 0 fully saturated rings. The summed E-state index contributed by atoms with van der Waals surface area (Å²) >= 11 is 5.89. The molecule has 2 aromatic rings. The standard InChI is InChI=1S/C14H15ClN4O2/c1-2-16-14(20)13-11-8-21-12(7-19(11)18-17-13)9-3-5-10(15)6-4-9/h3-6,12H,2,7-8H2,1H3,(H,16,20)/t12-/m1/s1. The number of carbonyl (C=O) groups excluding carboxylic acids is 1. The Labute approximate surface area is 127 Å². The molecule has 1 aromatic heterocycles. The Morgan fingerprint density at radius 2 is 2.24 bits per heavy atom. The zero-order valence-corrected chi connectivity index (χ0v) is 12.3. The Morgan fingerprint density at radius 1 is 1.48 bits per heavy atom. The van der Waals surface area contributed by atoms with Gasteiger partial charge in [0.15, 0.2) is 5.69 Å². The van der Waals surface area contributed by atoms with Crippen LogP contribution in [0.15, 0.2) is 24.3 Å². The van der Waals surface area contributed by atoms with E-state index in [0.29, 0.717) is 36.1 Å². The third-order valence-corrected chi connectivity index (χ3v) is 3.64. The number of fused-ring (bicyclic) bond motifs is 1. The average Bonchev–Trinajstić information content (AvgIpc) is 2.91. The van der Waals surface area contributed by atoms with Crippen LogP contribution in [0.1, 0.15) is 34.8 Å². The molecule has 0 saturated carbocycles. The molecule has 21 heavy (non-hydrogen) atoms. The van der Waals surface area contributed by atoms with E-state index in [1.807, 2.05) is 31.2 Å². The lowest BCUT2D eigenvalue weighted by atomic mass is 10.1. The second kappa shape index (κ2) is 5.83. The first kappa shape index (κ1) is 14.0.